The SMILES string of the molecule is COc1cc(C(=O)N2CCC[C@@H](Cn3ccnc3C)C2)ccc1OCCN. The molecule has 3 rings (SSSR count). The van der Waals surface area contributed by atoms with Gasteiger partial charge in [0.1, 0.15) is 12.4 Å². The predicted molar refractivity (Wildman–Crippen MR) is 103 cm³/mol. The molecule has 0 saturated carbocycles. The van der Waals surface area contributed by atoms with Crippen molar-refractivity contribution in [3.8, 4) is 11.5 Å². The minimum Gasteiger partial charge on any atom is -0.493 e. The minimum atomic E-state index is 0.0331. The molecule has 0 aliphatic carbocycles. The van der Waals surface area contributed by atoms with E-state index in [1.54, 1.807) is 25.3 Å². The molecule has 2 N–H and O–H groups in total. The highest BCUT2D eigenvalue weighted by atomic mass is 16.5. The zero-order valence-electron chi connectivity index (χ0n) is 16.1. The molecule has 0 radical (unpaired) electrons. The van der Waals surface area contributed by atoms with Crippen molar-refractivity contribution in [1.29, 1.82) is 0 Å². The van der Waals surface area contributed by atoms with E-state index in [1.807, 2.05) is 24.2 Å². The number of likely N-dealkylation sites (tertiary alicyclic amines) is 1. The number of amides is 1. The number of rotatable bonds is 7. The Labute approximate surface area is 160 Å². The van der Waals surface area contributed by atoms with Crippen LogP contribution in [-0.2, 0) is 6.54 Å². The van der Waals surface area contributed by atoms with Gasteiger partial charge in [-0.2, -0.15) is 0 Å². The van der Waals surface area contributed by atoms with Crippen LogP contribution in [0.15, 0.2) is 30.6 Å². The van der Waals surface area contributed by atoms with Crippen LogP contribution in [0.2, 0.25) is 0 Å². The summed E-state index contributed by atoms with van der Waals surface area (Å²) >= 11 is 0. The lowest BCUT2D eigenvalue weighted by molar-refractivity contribution is 0.0661. The fourth-order valence-electron chi connectivity index (χ4n) is 3.54. The molecule has 7 nitrogen and oxygen atoms in total. The molecule has 1 saturated heterocycles. The first kappa shape index (κ1) is 19.2. The molecule has 1 aliphatic heterocycles. The molecule has 27 heavy (non-hydrogen) atoms. The second-order valence-corrected chi connectivity index (χ2v) is 6.89. The van der Waals surface area contributed by atoms with Gasteiger partial charge in [0.15, 0.2) is 11.5 Å². The van der Waals surface area contributed by atoms with E-state index in [2.05, 4.69) is 9.55 Å². The lowest BCUT2D eigenvalue weighted by Gasteiger charge is -2.33. The molecule has 1 atom stereocenters. The van der Waals surface area contributed by atoms with Gasteiger partial charge in [-0.05, 0) is 43.9 Å². The third kappa shape index (κ3) is 4.60. The van der Waals surface area contributed by atoms with Crippen LogP contribution >= 0.6 is 0 Å². The van der Waals surface area contributed by atoms with Gasteiger partial charge >= 0.3 is 0 Å². The molecule has 0 unspecified atom stereocenters. The van der Waals surface area contributed by atoms with Gasteiger partial charge in [0.05, 0.1) is 7.11 Å². The summed E-state index contributed by atoms with van der Waals surface area (Å²) in [6, 6.07) is 5.32. The Kier molecular flexibility index (Phi) is 6.34. The summed E-state index contributed by atoms with van der Waals surface area (Å²) in [7, 11) is 1.57. The summed E-state index contributed by atoms with van der Waals surface area (Å²) in [6.07, 6.45) is 5.96. The van der Waals surface area contributed by atoms with Crippen LogP contribution in [0.3, 0.4) is 0 Å². The van der Waals surface area contributed by atoms with Crippen molar-refractivity contribution in [2.45, 2.75) is 26.3 Å². The van der Waals surface area contributed by atoms with Crippen LogP contribution < -0.4 is 15.2 Å². The van der Waals surface area contributed by atoms with Crippen LogP contribution in [0.25, 0.3) is 0 Å². The number of carbonyl (C=O) groups excluding carboxylic acids is 1. The van der Waals surface area contributed by atoms with Crippen LogP contribution in [-0.4, -0.2) is 53.7 Å². The molecular formula is C20H28N4O3. The van der Waals surface area contributed by atoms with E-state index in [0.717, 1.165) is 38.3 Å². The summed E-state index contributed by atoms with van der Waals surface area (Å²) in [5, 5.41) is 0. The molecule has 7 heteroatoms. The number of imidazole rings is 1. The maximum absolute atomic E-state index is 13.0. The van der Waals surface area contributed by atoms with Crippen LogP contribution in [0.5, 0.6) is 11.5 Å². The van der Waals surface area contributed by atoms with Gasteiger partial charge in [-0.3, -0.25) is 4.79 Å². The van der Waals surface area contributed by atoms with Gasteiger partial charge in [0.2, 0.25) is 0 Å². The Morgan fingerprint density at radius 3 is 2.93 bits per heavy atom. The Morgan fingerprint density at radius 2 is 2.22 bits per heavy atom. The highest BCUT2D eigenvalue weighted by Crippen LogP contribution is 2.29. The van der Waals surface area contributed by atoms with Crippen LogP contribution in [0, 0.1) is 12.8 Å². The van der Waals surface area contributed by atoms with Crippen LogP contribution in [0.4, 0.5) is 0 Å². The Hall–Kier alpha value is -2.54. The van der Waals surface area contributed by atoms with Crippen molar-refractivity contribution in [3.05, 3.63) is 42.0 Å². The average Bonchev–Trinajstić information content (AvgIpc) is 3.10. The number of nitrogens with zero attached hydrogens (tertiary/aromatic N) is 3. The Bertz CT molecular complexity index is 774. The van der Waals surface area contributed by atoms with E-state index >= 15 is 0 Å². The molecule has 1 aromatic heterocycles. The fraction of sp³-hybridized carbons (Fsp3) is 0.500. The Balaban J connectivity index is 1.68. The highest BCUT2D eigenvalue weighted by molar-refractivity contribution is 5.95. The molecule has 0 bridgehead atoms. The second kappa shape index (κ2) is 8.90. The largest absolute Gasteiger partial charge is 0.493 e. The van der Waals surface area contributed by atoms with E-state index in [4.69, 9.17) is 15.2 Å². The lowest BCUT2D eigenvalue weighted by Crippen LogP contribution is -2.41. The number of hydrogen-bond donors (Lipinski definition) is 1. The molecule has 1 amide bonds. The van der Waals surface area contributed by atoms with Crippen molar-refractivity contribution in [2.24, 2.45) is 11.7 Å². The first-order valence-corrected chi connectivity index (χ1v) is 9.40. The quantitative estimate of drug-likeness (QED) is 0.805. The zero-order valence-corrected chi connectivity index (χ0v) is 16.1. The van der Waals surface area contributed by atoms with Gasteiger partial charge in [-0.1, -0.05) is 0 Å². The summed E-state index contributed by atoms with van der Waals surface area (Å²) in [6.45, 7) is 5.27. The van der Waals surface area contributed by atoms with Crippen molar-refractivity contribution in [3.63, 3.8) is 0 Å². The number of piperidine rings is 1. The summed E-state index contributed by atoms with van der Waals surface area (Å²) in [4.78, 5) is 19.2. The first-order valence-electron chi connectivity index (χ1n) is 9.40. The van der Waals surface area contributed by atoms with Gasteiger partial charge in [0.25, 0.3) is 5.91 Å². The fourth-order valence-corrected chi connectivity index (χ4v) is 3.54. The van der Waals surface area contributed by atoms with Gasteiger partial charge in [-0.15, -0.1) is 0 Å². The van der Waals surface area contributed by atoms with E-state index in [1.165, 1.54) is 0 Å². The predicted octanol–water partition coefficient (Wildman–Crippen LogP) is 2.09. The van der Waals surface area contributed by atoms with E-state index in [0.29, 0.717) is 36.1 Å². The maximum Gasteiger partial charge on any atom is 0.254 e. The zero-order chi connectivity index (χ0) is 19.2. The van der Waals surface area contributed by atoms with E-state index in [-0.39, 0.29) is 5.91 Å². The minimum absolute atomic E-state index is 0.0331. The second-order valence-electron chi connectivity index (χ2n) is 6.89. The molecule has 0 spiro atoms. The summed E-state index contributed by atoms with van der Waals surface area (Å²) in [5.74, 6) is 2.63. The number of ether oxygens (including phenoxy) is 2. The molecule has 1 fully saturated rings. The Morgan fingerprint density at radius 1 is 1.37 bits per heavy atom. The molecular weight excluding hydrogens is 344 g/mol. The normalized spacial score (nSPS) is 17.0. The topological polar surface area (TPSA) is 82.6 Å². The van der Waals surface area contributed by atoms with Gasteiger partial charge < -0.3 is 24.7 Å². The van der Waals surface area contributed by atoms with Crippen molar-refractivity contribution < 1.29 is 14.3 Å². The summed E-state index contributed by atoms with van der Waals surface area (Å²) in [5.41, 5.74) is 6.10. The van der Waals surface area contributed by atoms with Crippen molar-refractivity contribution in [2.75, 3.05) is 33.4 Å². The average molecular weight is 372 g/mol. The molecule has 2 heterocycles. The number of carbonyl (C=O) groups is 1. The lowest BCUT2D eigenvalue weighted by atomic mass is 9.97. The van der Waals surface area contributed by atoms with Crippen LogP contribution in [0.1, 0.15) is 29.0 Å². The number of aryl methyl sites for hydroxylation is 1. The summed E-state index contributed by atoms with van der Waals surface area (Å²) < 4.78 is 13.1. The number of nitrogens with two attached hydrogens (primary N) is 1. The standard InChI is InChI=1S/C20H28N4O3/c1-15-22-8-10-23(15)13-16-4-3-9-24(14-16)20(25)17-5-6-18(27-11-7-21)19(12-17)26-2/h5-6,8,10,12,16H,3-4,7,9,11,13-14,21H2,1-2H3/t16-/m0/s1. The highest BCUT2D eigenvalue weighted by Gasteiger charge is 2.25. The maximum atomic E-state index is 13.0. The molecule has 2 aromatic rings. The van der Waals surface area contributed by atoms with Gasteiger partial charge in [-0.25, -0.2) is 4.98 Å². The third-order valence-electron chi connectivity index (χ3n) is 4.97. The number of aromatic nitrogens is 2. The molecule has 146 valence electrons. The van der Waals surface area contributed by atoms with E-state index in [9.17, 15) is 4.79 Å². The van der Waals surface area contributed by atoms with Gasteiger partial charge in [0, 0.05) is 44.1 Å². The van der Waals surface area contributed by atoms with E-state index < -0.39 is 0 Å². The van der Waals surface area contributed by atoms with Crippen molar-refractivity contribution in [1.82, 2.24) is 14.5 Å². The van der Waals surface area contributed by atoms with Crippen molar-refractivity contribution >= 4 is 5.91 Å². The molecule has 1 aliphatic rings. The smallest absolute Gasteiger partial charge is 0.254 e. The monoisotopic (exact) mass is 372 g/mol. The third-order valence-corrected chi connectivity index (χ3v) is 4.97. The number of benzene rings is 1. The number of methoxy groups -OCH3 is 1. The molecule has 1 aromatic carbocycles. The first-order chi connectivity index (χ1) is 13.1. The number of hydrogen-bond acceptors (Lipinski definition) is 5.